The van der Waals surface area contributed by atoms with Crippen molar-refractivity contribution in [1.29, 1.82) is 0 Å². The number of nitro groups is 1. The first-order valence-corrected chi connectivity index (χ1v) is 5.57. The molecular formula is C12H16N2O3. The van der Waals surface area contributed by atoms with Crippen LogP contribution in [0.25, 0.3) is 0 Å². The number of nitro benzene ring substituents is 1. The molecule has 0 radical (unpaired) electrons. The van der Waals surface area contributed by atoms with Gasteiger partial charge in [0.2, 0.25) is 0 Å². The van der Waals surface area contributed by atoms with Gasteiger partial charge in [0.25, 0.3) is 5.69 Å². The SMILES string of the molecule is Cc1ccc(NCC2(C)COC2)cc1[N+](=O)[O-]. The van der Waals surface area contributed by atoms with Gasteiger partial charge in [0.15, 0.2) is 0 Å². The molecule has 17 heavy (non-hydrogen) atoms. The van der Waals surface area contributed by atoms with Crippen LogP contribution in [0, 0.1) is 22.5 Å². The average Bonchev–Trinajstić information content (AvgIpc) is 2.25. The number of nitrogens with one attached hydrogen (secondary N) is 1. The van der Waals surface area contributed by atoms with E-state index in [0.29, 0.717) is 5.56 Å². The van der Waals surface area contributed by atoms with Crippen LogP contribution in [0.4, 0.5) is 11.4 Å². The standard InChI is InChI=1S/C12H16N2O3/c1-9-3-4-10(5-11(9)14(15)16)13-6-12(2)7-17-8-12/h3-5,13H,6-8H2,1-2H3. The Labute approximate surface area is 99.9 Å². The number of rotatable bonds is 4. The predicted molar refractivity (Wildman–Crippen MR) is 65.2 cm³/mol. The van der Waals surface area contributed by atoms with Crippen molar-refractivity contribution in [2.75, 3.05) is 25.1 Å². The van der Waals surface area contributed by atoms with Gasteiger partial charge in [0.1, 0.15) is 0 Å². The average molecular weight is 236 g/mol. The molecule has 1 fully saturated rings. The summed E-state index contributed by atoms with van der Waals surface area (Å²) < 4.78 is 5.16. The Morgan fingerprint density at radius 2 is 2.24 bits per heavy atom. The number of nitrogens with zero attached hydrogens (tertiary/aromatic N) is 1. The van der Waals surface area contributed by atoms with E-state index in [4.69, 9.17) is 4.74 Å². The molecule has 1 N–H and O–H groups in total. The molecule has 1 aromatic rings. The maximum Gasteiger partial charge on any atom is 0.274 e. The maximum atomic E-state index is 10.8. The lowest BCUT2D eigenvalue weighted by molar-refractivity contribution is -0.385. The fourth-order valence-corrected chi connectivity index (χ4v) is 1.78. The van der Waals surface area contributed by atoms with Gasteiger partial charge in [-0.25, -0.2) is 0 Å². The Balaban J connectivity index is 2.06. The molecule has 2 rings (SSSR count). The summed E-state index contributed by atoms with van der Waals surface area (Å²) in [5.41, 5.74) is 1.78. The first-order chi connectivity index (χ1) is 8.00. The molecule has 0 bridgehead atoms. The Kier molecular flexibility index (Phi) is 3.02. The molecular weight excluding hydrogens is 220 g/mol. The van der Waals surface area contributed by atoms with Gasteiger partial charge >= 0.3 is 0 Å². The molecule has 0 atom stereocenters. The van der Waals surface area contributed by atoms with Gasteiger partial charge in [-0.15, -0.1) is 0 Å². The van der Waals surface area contributed by atoms with Crippen LogP contribution in [-0.4, -0.2) is 24.7 Å². The van der Waals surface area contributed by atoms with Gasteiger partial charge in [-0.05, 0) is 13.0 Å². The second-order valence-electron chi connectivity index (χ2n) is 4.92. The van der Waals surface area contributed by atoms with Crippen LogP contribution in [-0.2, 0) is 4.74 Å². The fourth-order valence-electron chi connectivity index (χ4n) is 1.78. The van der Waals surface area contributed by atoms with Gasteiger partial charge in [-0.2, -0.15) is 0 Å². The summed E-state index contributed by atoms with van der Waals surface area (Å²) in [7, 11) is 0. The van der Waals surface area contributed by atoms with Crippen molar-refractivity contribution in [3.8, 4) is 0 Å². The normalized spacial score (nSPS) is 17.3. The zero-order valence-electron chi connectivity index (χ0n) is 10.0. The van der Waals surface area contributed by atoms with Gasteiger partial charge < -0.3 is 10.1 Å². The highest BCUT2D eigenvalue weighted by Gasteiger charge is 2.33. The maximum absolute atomic E-state index is 10.8. The van der Waals surface area contributed by atoms with E-state index in [2.05, 4.69) is 12.2 Å². The van der Waals surface area contributed by atoms with Crippen LogP contribution in [0.3, 0.4) is 0 Å². The molecule has 1 saturated heterocycles. The number of anilines is 1. The van der Waals surface area contributed by atoms with Crippen molar-refractivity contribution in [3.63, 3.8) is 0 Å². The smallest absolute Gasteiger partial charge is 0.274 e. The first-order valence-electron chi connectivity index (χ1n) is 5.57. The van der Waals surface area contributed by atoms with E-state index in [9.17, 15) is 10.1 Å². The van der Waals surface area contributed by atoms with Crippen LogP contribution in [0.5, 0.6) is 0 Å². The molecule has 0 spiro atoms. The van der Waals surface area contributed by atoms with Crippen molar-refractivity contribution >= 4 is 11.4 Å². The van der Waals surface area contributed by atoms with Gasteiger partial charge in [0.05, 0.1) is 18.1 Å². The Morgan fingerprint density at radius 3 is 2.76 bits per heavy atom. The molecule has 1 aliphatic heterocycles. The van der Waals surface area contributed by atoms with E-state index < -0.39 is 0 Å². The molecule has 5 heteroatoms. The number of hydrogen-bond donors (Lipinski definition) is 1. The lowest BCUT2D eigenvalue weighted by Crippen LogP contribution is -2.45. The molecule has 0 aliphatic carbocycles. The summed E-state index contributed by atoms with van der Waals surface area (Å²) in [4.78, 5) is 10.4. The Hall–Kier alpha value is -1.62. The molecule has 1 heterocycles. The highest BCUT2D eigenvalue weighted by Crippen LogP contribution is 2.28. The molecule has 92 valence electrons. The number of hydrogen-bond acceptors (Lipinski definition) is 4. The lowest BCUT2D eigenvalue weighted by Gasteiger charge is -2.38. The summed E-state index contributed by atoms with van der Waals surface area (Å²) in [6.07, 6.45) is 0. The van der Waals surface area contributed by atoms with E-state index in [0.717, 1.165) is 25.4 Å². The monoisotopic (exact) mass is 236 g/mol. The largest absolute Gasteiger partial charge is 0.384 e. The van der Waals surface area contributed by atoms with Crippen molar-refractivity contribution in [2.45, 2.75) is 13.8 Å². The summed E-state index contributed by atoms with van der Waals surface area (Å²) >= 11 is 0. The van der Waals surface area contributed by atoms with Gasteiger partial charge in [-0.1, -0.05) is 13.0 Å². The molecule has 1 aromatic carbocycles. The van der Waals surface area contributed by atoms with Crippen molar-refractivity contribution in [2.24, 2.45) is 5.41 Å². The summed E-state index contributed by atoms with van der Waals surface area (Å²) in [6, 6.07) is 5.21. The Morgan fingerprint density at radius 1 is 1.53 bits per heavy atom. The predicted octanol–water partition coefficient (Wildman–Crippen LogP) is 2.35. The quantitative estimate of drug-likeness (QED) is 0.643. The van der Waals surface area contributed by atoms with Crippen LogP contribution in [0.15, 0.2) is 18.2 Å². The van der Waals surface area contributed by atoms with Crippen molar-refractivity contribution < 1.29 is 9.66 Å². The van der Waals surface area contributed by atoms with E-state index in [1.54, 1.807) is 19.1 Å². The molecule has 0 aromatic heterocycles. The van der Waals surface area contributed by atoms with E-state index >= 15 is 0 Å². The first kappa shape index (κ1) is 11.9. The zero-order chi connectivity index (χ0) is 12.5. The van der Waals surface area contributed by atoms with Crippen LogP contribution in [0.1, 0.15) is 12.5 Å². The number of ether oxygens (including phenoxy) is 1. The minimum atomic E-state index is -0.352. The van der Waals surface area contributed by atoms with Gasteiger partial charge in [-0.3, -0.25) is 10.1 Å². The highest BCUT2D eigenvalue weighted by molar-refractivity contribution is 5.54. The zero-order valence-corrected chi connectivity index (χ0v) is 10.0. The van der Waals surface area contributed by atoms with Crippen LogP contribution >= 0.6 is 0 Å². The van der Waals surface area contributed by atoms with Crippen molar-refractivity contribution in [1.82, 2.24) is 0 Å². The van der Waals surface area contributed by atoms with Gasteiger partial charge in [0, 0.05) is 29.3 Å². The van der Waals surface area contributed by atoms with E-state index in [1.165, 1.54) is 0 Å². The Bertz CT molecular complexity index is 441. The highest BCUT2D eigenvalue weighted by atomic mass is 16.6. The van der Waals surface area contributed by atoms with Crippen molar-refractivity contribution in [3.05, 3.63) is 33.9 Å². The molecule has 5 nitrogen and oxygen atoms in total. The van der Waals surface area contributed by atoms with Crippen LogP contribution < -0.4 is 5.32 Å². The number of benzene rings is 1. The van der Waals surface area contributed by atoms with Crippen LogP contribution in [0.2, 0.25) is 0 Å². The third-order valence-electron chi connectivity index (χ3n) is 3.03. The molecule has 0 amide bonds. The second-order valence-corrected chi connectivity index (χ2v) is 4.92. The molecule has 1 aliphatic rings. The summed E-state index contributed by atoms with van der Waals surface area (Å²) in [6.45, 7) is 6.13. The summed E-state index contributed by atoms with van der Waals surface area (Å²) in [5, 5.41) is 14.0. The number of aryl methyl sites for hydroxylation is 1. The fraction of sp³-hybridized carbons (Fsp3) is 0.500. The second kappa shape index (κ2) is 4.33. The van der Waals surface area contributed by atoms with E-state index in [-0.39, 0.29) is 16.0 Å². The lowest BCUT2D eigenvalue weighted by atomic mass is 9.88. The third kappa shape index (κ3) is 2.55. The molecule has 0 unspecified atom stereocenters. The topological polar surface area (TPSA) is 64.4 Å². The van der Waals surface area contributed by atoms with E-state index in [1.807, 2.05) is 6.07 Å². The summed E-state index contributed by atoms with van der Waals surface area (Å²) in [5.74, 6) is 0. The molecule has 0 saturated carbocycles. The minimum absolute atomic E-state index is 0.152. The minimum Gasteiger partial charge on any atom is -0.384 e. The third-order valence-corrected chi connectivity index (χ3v) is 3.03.